The highest BCUT2D eigenvalue weighted by molar-refractivity contribution is 7.17. The van der Waals surface area contributed by atoms with Crippen LogP contribution in [0.15, 0.2) is 66.0 Å². The molecule has 2 saturated heterocycles. The molecule has 6 nitrogen and oxygen atoms in total. The maximum Gasteiger partial charge on any atom is 0.272 e. The number of amides is 1. The van der Waals surface area contributed by atoms with E-state index in [1.165, 1.54) is 12.8 Å². The smallest absolute Gasteiger partial charge is 0.272 e. The van der Waals surface area contributed by atoms with E-state index in [-0.39, 0.29) is 5.91 Å². The van der Waals surface area contributed by atoms with Gasteiger partial charge in [-0.2, -0.15) is 0 Å². The number of anilines is 1. The van der Waals surface area contributed by atoms with Crippen LogP contribution in [0.3, 0.4) is 0 Å². The highest BCUT2D eigenvalue weighted by Crippen LogP contribution is 2.30. The van der Waals surface area contributed by atoms with Crippen LogP contribution in [0, 0.1) is 0 Å². The molecular formula is C28H29N3O3S. The van der Waals surface area contributed by atoms with E-state index in [4.69, 9.17) is 9.47 Å². The van der Waals surface area contributed by atoms with E-state index in [1.807, 2.05) is 77.7 Å². The predicted octanol–water partition coefficient (Wildman–Crippen LogP) is 5.73. The first-order chi connectivity index (χ1) is 17.1. The van der Waals surface area contributed by atoms with Crippen LogP contribution in [0.25, 0.3) is 10.2 Å². The summed E-state index contributed by atoms with van der Waals surface area (Å²) in [6, 6.07) is 20.9. The summed E-state index contributed by atoms with van der Waals surface area (Å²) in [5.41, 5.74) is 3.45. The van der Waals surface area contributed by atoms with Gasteiger partial charge >= 0.3 is 0 Å². The molecule has 180 valence electrons. The number of hydrogen-bond donors (Lipinski definition) is 2. The van der Waals surface area contributed by atoms with Gasteiger partial charge in [-0.15, -0.1) is 11.3 Å². The van der Waals surface area contributed by atoms with Gasteiger partial charge in [0.2, 0.25) is 0 Å². The number of fused-ring (bicyclic) bond motifs is 3. The van der Waals surface area contributed by atoms with Crippen molar-refractivity contribution in [2.75, 3.05) is 5.32 Å². The molecule has 0 saturated carbocycles. The van der Waals surface area contributed by atoms with Crippen LogP contribution in [0.2, 0.25) is 0 Å². The van der Waals surface area contributed by atoms with Crippen molar-refractivity contribution in [1.29, 1.82) is 0 Å². The number of ether oxygens (including phenoxy) is 2. The summed E-state index contributed by atoms with van der Waals surface area (Å²) < 4.78 is 15.3. The molecule has 35 heavy (non-hydrogen) atoms. The van der Waals surface area contributed by atoms with E-state index >= 15 is 0 Å². The van der Waals surface area contributed by atoms with Crippen molar-refractivity contribution < 1.29 is 14.3 Å². The third kappa shape index (κ3) is 4.79. The molecule has 4 aromatic rings. The number of thiophene rings is 1. The number of nitrogens with zero attached hydrogens (tertiary/aromatic N) is 1. The average Bonchev–Trinajstić information content (AvgIpc) is 3.55. The van der Waals surface area contributed by atoms with Crippen molar-refractivity contribution in [3.8, 4) is 11.5 Å². The van der Waals surface area contributed by atoms with E-state index in [0.29, 0.717) is 30.5 Å². The highest BCUT2D eigenvalue weighted by atomic mass is 32.1. The number of carbonyl (C=O) groups is 1. The van der Waals surface area contributed by atoms with E-state index in [0.717, 1.165) is 45.8 Å². The summed E-state index contributed by atoms with van der Waals surface area (Å²) in [5, 5.41) is 8.70. The Morgan fingerprint density at radius 2 is 1.83 bits per heavy atom. The maximum atomic E-state index is 12.8. The molecule has 2 aromatic heterocycles. The zero-order valence-electron chi connectivity index (χ0n) is 19.7. The van der Waals surface area contributed by atoms with E-state index in [9.17, 15) is 4.79 Å². The normalized spacial score (nSPS) is 21.2. The number of aryl methyl sites for hydroxylation is 1. The molecule has 3 atom stereocenters. The molecular weight excluding hydrogens is 458 g/mol. The van der Waals surface area contributed by atoms with Crippen molar-refractivity contribution in [2.24, 2.45) is 7.05 Å². The Bertz CT molecular complexity index is 1330. The fraction of sp³-hybridized carbons (Fsp3) is 0.321. The number of rotatable bonds is 7. The van der Waals surface area contributed by atoms with Gasteiger partial charge < -0.3 is 24.7 Å². The Labute approximate surface area is 208 Å². The van der Waals surface area contributed by atoms with Crippen LogP contribution in [0.5, 0.6) is 11.5 Å². The molecule has 2 N–H and O–H groups in total. The van der Waals surface area contributed by atoms with Gasteiger partial charge in [-0.05, 0) is 85.2 Å². The van der Waals surface area contributed by atoms with Crippen molar-refractivity contribution in [1.82, 2.24) is 9.88 Å². The molecule has 1 amide bonds. The van der Waals surface area contributed by atoms with Crippen LogP contribution >= 0.6 is 11.3 Å². The van der Waals surface area contributed by atoms with Gasteiger partial charge in [0.25, 0.3) is 5.91 Å². The number of benzene rings is 2. The predicted molar refractivity (Wildman–Crippen MR) is 140 cm³/mol. The van der Waals surface area contributed by atoms with Crippen LogP contribution in [0.1, 0.15) is 41.7 Å². The molecule has 0 radical (unpaired) electrons. The van der Waals surface area contributed by atoms with Gasteiger partial charge in [-0.25, -0.2) is 0 Å². The summed E-state index contributed by atoms with van der Waals surface area (Å²) >= 11 is 1.64. The molecule has 6 rings (SSSR count). The minimum Gasteiger partial charge on any atom is -0.490 e. The Morgan fingerprint density at radius 1 is 1.06 bits per heavy atom. The zero-order chi connectivity index (χ0) is 23.8. The average molecular weight is 488 g/mol. The molecule has 0 spiro atoms. The Morgan fingerprint density at radius 3 is 2.60 bits per heavy atom. The second-order valence-corrected chi connectivity index (χ2v) is 10.5. The third-order valence-corrected chi connectivity index (χ3v) is 7.90. The lowest BCUT2D eigenvalue weighted by atomic mass is 10.0. The van der Waals surface area contributed by atoms with Gasteiger partial charge in [0, 0.05) is 24.8 Å². The third-order valence-electron chi connectivity index (χ3n) is 7.04. The first kappa shape index (κ1) is 22.2. The Balaban J connectivity index is 1.04. The number of piperidine rings is 1. The van der Waals surface area contributed by atoms with E-state index < -0.39 is 0 Å². The number of carbonyl (C=O) groups excluding carboxylic acids is 1. The zero-order valence-corrected chi connectivity index (χ0v) is 20.5. The lowest BCUT2D eigenvalue weighted by Gasteiger charge is -2.29. The summed E-state index contributed by atoms with van der Waals surface area (Å²) in [5.74, 6) is 1.57. The van der Waals surface area contributed by atoms with Gasteiger partial charge in [0.05, 0.1) is 10.2 Å². The van der Waals surface area contributed by atoms with Crippen molar-refractivity contribution in [3.63, 3.8) is 0 Å². The summed E-state index contributed by atoms with van der Waals surface area (Å²) in [6.07, 6.45) is 5.01. The summed E-state index contributed by atoms with van der Waals surface area (Å²) in [7, 11) is 1.92. The molecule has 2 fully saturated rings. The minimum atomic E-state index is -0.119. The first-order valence-corrected chi connectivity index (χ1v) is 13.1. The molecule has 7 heteroatoms. The minimum absolute atomic E-state index is 0.119. The number of aromatic nitrogens is 1. The van der Waals surface area contributed by atoms with Gasteiger partial charge in [0.1, 0.15) is 29.9 Å². The van der Waals surface area contributed by atoms with Crippen molar-refractivity contribution >= 4 is 33.1 Å². The van der Waals surface area contributed by atoms with Crippen LogP contribution in [-0.4, -0.2) is 28.7 Å². The van der Waals surface area contributed by atoms with Crippen LogP contribution < -0.4 is 20.1 Å². The quantitative estimate of drug-likeness (QED) is 0.349. The fourth-order valence-corrected chi connectivity index (χ4v) is 6.13. The molecule has 0 aliphatic carbocycles. The molecule has 0 unspecified atom stereocenters. The van der Waals surface area contributed by atoms with Gasteiger partial charge in [0.15, 0.2) is 0 Å². The fourth-order valence-electron chi connectivity index (χ4n) is 5.28. The lowest BCUT2D eigenvalue weighted by Crippen LogP contribution is -2.42. The SMILES string of the molecule is Cn1c(C(=O)Nc2cccc(COc3ccc(O[C@@H]4C[C@H]5CC[C@@H](C4)N5)cc3)c2)cc2sccc21. The molecule has 2 aromatic carbocycles. The second-order valence-electron chi connectivity index (χ2n) is 9.52. The van der Waals surface area contributed by atoms with Crippen LogP contribution in [-0.2, 0) is 13.7 Å². The standard InChI is InChI=1S/C28H29N3O3S/c1-31-25-11-12-35-27(25)16-26(31)28(32)30-19-4-2-3-18(13-19)17-33-22-7-9-23(10-8-22)34-24-14-20-5-6-21(15-24)29-20/h2-4,7-13,16,20-21,24,29H,5-6,14-15,17H2,1H3,(H,30,32)/t20-,21+,24-. The largest absolute Gasteiger partial charge is 0.490 e. The topological polar surface area (TPSA) is 64.5 Å². The van der Waals surface area contributed by atoms with E-state index in [1.54, 1.807) is 11.3 Å². The monoisotopic (exact) mass is 487 g/mol. The summed E-state index contributed by atoms with van der Waals surface area (Å²) in [4.78, 5) is 12.8. The molecule has 2 bridgehead atoms. The summed E-state index contributed by atoms with van der Waals surface area (Å²) in [6.45, 7) is 0.418. The second kappa shape index (κ2) is 9.40. The van der Waals surface area contributed by atoms with Crippen molar-refractivity contribution in [3.05, 3.63) is 77.3 Å². The maximum absolute atomic E-state index is 12.8. The molecule has 4 heterocycles. The molecule has 2 aliphatic rings. The highest BCUT2D eigenvalue weighted by Gasteiger charge is 2.34. The number of hydrogen-bond acceptors (Lipinski definition) is 5. The van der Waals surface area contributed by atoms with Gasteiger partial charge in [-0.3, -0.25) is 4.79 Å². The lowest BCUT2D eigenvalue weighted by molar-refractivity contribution is 0.101. The van der Waals surface area contributed by atoms with Gasteiger partial charge in [-0.1, -0.05) is 12.1 Å². The number of nitrogens with one attached hydrogen (secondary N) is 2. The Hall–Kier alpha value is -3.29. The van der Waals surface area contributed by atoms with Crippen LogP contribution in [0.4, 0.5) is 5.69 Å². The first-order valence-electron chi connectivity index (χ1n) is 12.2. The molecule has 2 aliphatic heterocycles. The Kier molecular flexibility index (Phi) is 5.96. The van der Waals surface area contributed by atoms with E-state index in [2.05, 4.69) is 10.6 Å². The van der Waals surface area contributed by atoms with Crippen molar-refractivity contribution in [2.45, 2.75) is 50.5 Å².